The van der Waals surface area contributed by atoms with Gasteiger partial charge >= 0.3 is 12.0 Å². The highest BCUT2D eigenvalue weighted by Gasteiger charge is 2.16. The lowest BCUT2D eigenvalue weighted by Crippen LogP contribution is -2.45. The van der Waals surface area contributed by atoms with Gasteiger partial charge in [-0.25, -0.2) is 4.79 Å². The van der Waals surface area contributed by atoms with Crippen molar-refractivity contribution in [2.24, 2.45) is 0 Å². The molecule has 110 valence electrons. The molecule has 8 nitrogen and oxygen atoms in total. The van der Waals surface area contributed by atoms with Crippen LogP contribution >= 0.6 is 0 Å². The minimum Gasteiger partial charge on any atom is -0.480 e. The highest BCUT2D eigenvalue weighted by Crippen LogP contribution is 1.92. The smallest absolute Gasteiger partial charge is 0.323 e. The van der Waals surface area contributed by atoms with E-state index >= 15 is 0 Å². The van der Waals surface area contributed by atoms with E-state index in [9.17, 15) is 14.4 Å². The summed E-state index contributed by atoms with van der Waals surface area (Å²) in [6.07, 6.45) is 0.171. The number of hydrogen-bond donors (Lipinski definition) is 2. The fourth-order valence-corrected chi connectivity index (χ4v) is 1.23. The van der Waals surface area contributed by atoms with Crippen molar-refractivity contribution in [2.45, 2.75) is 6.42 Å². The van der Waals surface area contributed by atoms with Crippen LogP contribution in [0.4, 0.5) is 4.79 Å². The van der Waals surface area contributed by atoms with Crippen molar-refractivity contribution < 1.29 is 24.2 Å². The molecule has 0 aromatic heterocycles. The van der Waals surface area contributed by atoms with Crippen LogP contribution in [0.3, 0.4) is 0 Å². The molecule has 0 aliphatic rings. The summed E-state index contributed by atoms with van der Waals surface area (Å²) in [5, 5.41) is 11.2. The lowest BCUT2D eigenvalue weighted by atomic mass is 10.4. The number of urea groups is 1. The Morgan fingerprint density at radius 2 is 1.89 bits per heavy atom. The summed E-state index contributed by atoms with van der Waals surface area (Å²) in [4.78, 5) is 36.2. The number of carboxylic acids is 1. The zero-order valence-corrected chi connectivity index (χ0v) is 11.5. The predicted molar refractivity (Wildman–Crippen MR) is 67.8 cm³/mol. The van der Waals surface area contributed by atoms with E-state index < -0.39 is 18.5 Å². The number of carbonyl (C=O) groups is 3. The molecule has 2 N–H and O–H groups in total. The minimum atomic E-state index is -1.10. The molecule has 0 spiro atoms. The summed E-state index contributed by atoms with van der Waals surface area (Å²) in [5.74, 6) is -1.21. The molecule has 0 aliphatic heterocycles. The van der Waals surface area contributed by atoms with E-state index in [1.165, 1.54) is 12.0 Å². The standard InChI is InChI=1S/C11H21N3O5/c1-13(2)9(15)4-5-12-11(18)14(6-7-19-3)8-10(16)17/h4-8H2,1-3H3,(H,12,18)(H,16,17). The van der Waals surface area contributed by atoms with Crippen LogP contribution in [0.25, 0.3) is 0 Å². The highest BCUT2D eigenvalue weighted by atomic mass is 16.5. The Morgan fingerprint density at radius 1 is 1.26 bits per heavy atom. The summed E-state index contributed by atoms with van der Waals surface area (Å²) in [6.45, 7) is 0.184. The molecule has 3 amide bonds. The number of nitrogens with one attached hydrogen (secondary N) is 1. The quantitative estimate of drug-likeness (QED) is 0.604. The van der Waals surface area contributed by atoms with Crippen LogP contribution in [0.2, 0.25) is 0 Å². The minimum absolute atomic E-state index is 0.109. The van der Waals surface area contributed by atoms with E-state index in [-0.39, 0.29) is 32.0 Å². The molecule has 0 aliphatic carbocycles. The topological polar surface area (TPSA) is 99.2 Å². The van der Waals surface area contributed by atoms with Crippen LogP contribution in [-0.2, 0) is 14.3 Å². The maximum Gasteiger partial charge on any atom is 0.323 e. The third kappa shape index (κ3) is 7.98. The van der Waals surface area contributed by atoms with Gasteiger partial charge in [0.2, 0.25) is 5.91 Å². The van der Waals surface area contributed by atoms with Crippen LogP contribution < -0.4 is 5.32 Å². The molecule has 0 saturated carbocycles. The monoisotopic (exact) mass is 275 g/mol. The number of carbonyl (C=O) groups excluding carboxylic acids is 2. The van der Waals surface area contributed by atoms with E-state index in [4.69, 9.17) is 9.84 Å². The average molecular weight is 275 g/mol. The van der Waals surface area contributed by atoms with Crippen LogP contribution in [0, 0.1) is 0 Å². The Bertz CT molecular complexity index is 319. The van der Waals surface area contributed by atoms with E-state index in [2.05, 4.69) is 5.32 Å². The molecular weight excluding hydrogens is 254 g/mol. The summed E-state index contributed by atoms with van der Waals surface area (Å²) in [5.41, 5.74) is 0. The predicted octanol–water partition coefficient (Wildman–Crippen LogP) is -0.793. The van der Waals surface area contributed by atoms with Crippen molar-refractivity contribution in [1.82, 2.24) is 15.1 Å². The van der Waals surface area contributed by atoms with Crippen molar-refractivity contribution in [3.8, 4) is 0 Å². The van der Waals surface area contributed by atoms with Crippen molar-refractivity contribution in [1.29, 1.82) is 0 Å². The van der Waals surface area contributed by atoms with Crippen LogP contribution in [0.15, 0.2) is 0 Å². The van der Waals surface area contributed by atoms with Crippen molar-refractivity contribution in [2.75, 3.05) is 47.4 Å². The van der Waals surface area contributed by atoms with Gasteiger partial charge in [-0.15, -0.1) is 0 Å². The fourth-order valence-electron chi connectivity index (χ4n) is 1.23. The van der Waals surface area contributed by atoms with E-state index in [0.717, 1.165) is 4.90 Å². The average Bonchev–Trinajstić information content (AvgIpc) is 2.33. The number of aliphatic carboxylic acids is 1. The molecule has 0 aromatic rings. The number of hydrogen-bond acceptors (Lipinski definition) is 4. The van der Waals surface area contributed by atoms with Gasteiger partial charge in [-0.2, -0.15) is 0 Å². The molecule has 19 heavy (non-hydrogen) atoms. The first-order valence-corrected chi connectivity index (χ1v) is 5.82. The van der Waals surface area contributed by atoms with Gasteiger partial charge in [0.1, 0.15) is 6.54 Å². The first-order valence-electron chi connectivity index (χ1n) is 5.82. The van der Waals surface area contributed by atoms with Crippen LogP contribution in [-0.4, -0.2) is 80.3 Å². The maximum absolute atomic E-state index is 11.7. The number of rotatable bonds is 8. The summed E-state index contributed by atoms with van der Waals surface area (Å²) in [6, 6.07) is -0.522. The molecule has 8 heteroatoms. The van der Waals surface area contributed by atoms with Crippen LogP contribution in [0.1, 0.15) is 6.42 Å². The lowest BCUT2D eigenvalue weighted by Gasteiger charge is -2.21. The third-order valence-corrected chi connectivity index (χ3v) is 2.29. The molecule has 0 unspecified atom stereocenters. The highest BCUT2D eigenvalue weighted by molar-refractivity contribution is 5.81. The van der Waals surface area contributed by atoms with Crippen molar-refractivity contribution >= 4 is 17.9 Å². The maximum atomic E-state index is 11.7. The second-order valence-electron chi connectivity index (χ2n) is 4.08. The van der Waals surface area contributed by atoms with Gasteiger partial charge in [-0.1, -0.05) is 0 Å². The largest absolute Gasteiger partial charge is 0.480 e. The Kier molecular flexibility index (Phi) is 8.27. The Balaban J connectivity index is 4.16. The van der Waals surface area contributed by atoms with Crippen molar-refractivity contribution in [3.63, 3.8) is 0 Å². The number of carboxylic acid groups (broad SMARTS) is 1. The molecule has 0 bridgehead atoms. The second-order valence-corrected chi connectivity index (χ2v) is 4.08. The molecule has 0 radical (unpaired) electrons. The van der Waals surface area contributed by atoms with Gasteiger partial charge in [0.25, 0.3) is 0 Å². The van der Waals surface area contributed by atoms with Crippen molar-refractivity contribution in [3.05, 3.63) is 0 Å². The Morgan fingerprint density at radius 3 is 2.37 bits per heavy atom. The number of nitrogens with zero attached hydrogens (tertiary/aromatic N) is 2. The van der Waals surface area contributed by atoms with Gasteiger partial charge < -0.3 is 25.0 Å². The normalized spacial score (nSPS) is 9.84. The zero-order valence-electron chi connectivity index (χ0n) is 11.5. The van der Waals surface area contributed by atoms with Crippen LogP contribution in [0.5, 0.6) is 0 Å². The number of amides is 3. The molecular formula is C11H21N3O5. The van der Waals surface area contributed by atoms with E-state index in [1.807, 2.05) is 0 Å². The SMILES string of the molecule is COCCN(CC(=O)O)C(=O)NCCC(=O)N(C)C. The number of ether oxygens (including phenoxy) is 1. The molecule has 0 saturated heterocycles. The summed E-state index contributed by atoms with van der Waals surface area (Å²) in [7, 11) is 4.71. The zero-order chi connectivity index (χ0) is 14.8. The summed E-state index contributed by atoms with van der Waals surface area (Å²) >= 11 is 0. The van der Waals surface area contributed by atoms with Gasteiger partial charge in [0, 0.05) is 40.7 Å². The number of methoxy groups -OCH3 is 1. The van der Waals surface area contributed by atoms with Gasteiger partial charge in [0.05, 0.1) is 6.61 Å². The Labute approximate surface area is 112 Å². The molecule has 0 heterocycles. The van der Waals surface area contributed by atoms with Gasteiger partial charge in [-0.3, -0.25) is 9.59 Å². The molecule has 0 atom stereocenters. The van der Waals surface area contributed by atoms with Gasteiger partial charge in [0.15, 0.2) is 0 Å². The lowest BCUT2D eigenvalue weighted by molar-refractivity contribution is -0.137. The van der Waals surface area contributed by atoms with E-state index in [0.29, 0.717) is 0 Å². The fraction of sp³-hybridized carbons (Fsp3) is 0.727. The van der Waals surface area contributed by atoms with Gasteiger partial charge in [-0.05, 0) is 0 Å². The Hall–Kier alpha value is -1.83. The summed E-state index contributed by atoms with van der Waals surface area (Å²) < 4.78 is 4.80. The first-order chi connectivity index (χ1) is 8.88. The molecule has 0 rings (SSSR count). The molecule has 0 fully saturated rings. The first kappa shape index (κ1) is 17.2. The van der Waals surface area contributed by atoms with E-state index in [1.54, 1.807) is 14.1 Å². The second kappa shape index (κ2) is 9.15. The molecule has 0 aromatic carbocycles. The third-order valence-electron chi connectivity index (χ3n) is 2.29.